The van der Waals surface area contributed by atoms with E-state index in [4.69, 9.17) is 4.98 Å². The Morgan fingerprint density at radius 2 is 1.96 bits per heavy atom. The summed E-state index contributed by atoms with van der Waals surface area (Å²) < 4.78 is 0. The van der Waals surface area contributed by atoms with Gasteiger partial charge in [0.25, 0.3) is 0 Å². The topological polar surface area (TPSA) is 48.7 Å². The Labute approximate surface area is 165 Å². The van der Waals surface area contributed by atoms with Crippen molar-refractivity contribution in [2.24, 2.45) is 0 Å². The lowest BCUT2D eigenvalue weighted by Crippen LogP contribution is -1.97. The molecule has 136 valence electrons. The molecule has 0 aliphatic carbocycles. The van der Waals surface area contributed by atoms with E-state index >= 15 is 0 Å². The van der Waals surface area contributed by atoms with Crippen LogP contribution < -0.4 is 5.32 Å². The zero-order chi connectivity index (χ0) is 19.4. The Bertz CT molecular complexity index is 1020. The first-order valence-corrected chi connectivity index (χ1v) is 9.87. The van der Waals surface area contributed by atoms with Gasteiger partial charge in [0, 0.05) is 22.8 Å². The molecule has 3 nitrogen and oxygen atoms in total. The molecule has 3 aromatic rings. The molecule has 0 bridgehead atoms. The minimum Gasteiger partial charge on any atom is -0.360 e. The molecule has 0 radical (unpaired) electrons. The first-order chi connectivity index (χ1) is 13.0. The van der Waals surface area contributed by atoms with Gasteiger partial charge in [-0.1, -0.05) is 55.8 Å². The van der Waals surface area contributed by atoms with Crippen molar-refractivity contribution in [3.8, 4) is 17.3 Å². The molecule has 3 rings (SSSR count). The van der Waals surface area contributed by atoms with Gasteiger partial charge in [0.2, 0.25) is 0 Å². The van der Waals surface area contributed by atoms with Crippen LogP contribution in [0.4, 0.5) is 5.69 Å². The van der Waals surface area contributed by atoms with E-state index in [1.165, 1.54) is 28.0 Å². The monoisotopic (exact) mass is 373 g/mol. The summed E-state index contributed by atoms with van der Waals surface area (Å²) in [6.45, 7) is 8.49. The largest absolute Gasteiger partial charge is 0.360 e. The maximum atomic E-state index is 9.62. The van der Waals surface area contributed by atoms with E-state index in [-0.39, 0.29) is 0 Å². The van der Waals surface area contributed by atoms with Crippen LogP contribution in [0.1, 0.15) is 41.5 Å². The van der Waals surface area contributed by atoms with Crippen molar-refractivity contribution in [1.82, 2.24) is 4.98 Å². The Balaban J connectivity index is 1.88. The minimum atomic E-state index is 0.406. The van der Waals surface area contributed by atoms with Crippen LogP contribution in [0.3, 0.4) is 0 Å². The molecule has 0 aliphatic heterocycles. The summed E-state index contributed by atoms with van der Waals surface area (Å²) in [5.41, 5.74) is 7.23. The third-order valence-electron chi connectivity index (χ3n) is 4.47. The Morgan fingerprint density at radius 3 is 2.67 bits per heavy atom. The van der Waals surface area contributed by atoms with Crippen LogP contribution in [0.25, 0.3) is 16.8 Å². The molecule has 1 aromatic heterocycles. The van der Waals surface area contributed by atoms with E-state index in [2.05, 4.69) is 63.3 Å². The maximum Gasteiger partial charge on any atom is 0.136 e. The molecule has 0 unspecified atom stereocenters. The number of nitrogens with zero attached hydrogens (tertiary/aromatic N) is 2. The van der Waals surface area contributed by atoms with Crippen molar-refractivity contribution in [3.05, 3.63) is 75.7 Å². The van der Waals surface area contributed by atoms with Crippen LogP contribution >= 0.6 is 11.3 Å². The van der Waals surface area contributed by atoms with Gasteiger partial charge in [-0.15, -0.1) is 11.3 Å². The standard InChI is InChI=1S/C23H23N3S/c1-15(2)19-7-5-6-8-21(19)25-13-18(12-24)23-26-22(14-27-23)20-10-9-16(3)11-17(20)4/h5-11,13-15,25H,1-4H3/b18-13+. The Kier molecular flexibility index (Phi) is 5.73. The molecule has 0 atom stereocenters. The molecule has 1 N–H and O–H groups in total. The first kappa shape index (κ1) is 18.9. The predicted molar refractivity (Wildman–Crippen MR) is 115 cm³/mol. The summed E-state index contributed by atoms with van der Waals surface area (Å²) >= 11 is 1.49. The van der Waals surface area contributed by atoms with Gasteiger partial charge in [-0.2, -0.15) is 5.26 Å². The van der Waals surface area contributed by atoms with E-state index in [0.29, 0.717) is 11.5 Å². The molecule has 1 heterocycles. The number of anilines is 1. The van der Waals surface area contributed by atoms with Crippen LogP contribution in [-0.4, -0.2) is 4.98 Å². The molecule has 27 heavy (non-hydrogen) atoms. The average molecular weight is 374 g/mol. The normalized spacial score (nSPS) is 11.5. The van der Waals surface area contributed by atoms with E-state index in [0.717, 1.165) is 22.0 Å². The highest BCUT2D eigenvalue weighted by Crippen LogP contribution is 2.29. The number of nitriles is 1. The molecule has 0 saturated heterocycles. The Morgan fingerprint density at radius 1 is 1.19 bits per heavy atom. The molecular formula is C23H23N3S. The molecule has 0 amide bonds. The molecule has 0 saturated carbocycles. The lowest BCUT2D eigenvalue weighted by Gasteiger charge is -2.12. The second-order valence-corrected chi connectivity index (χ2v) is 7.77. The van der Waals surface area contributed by atoms with Crippen LogP contribution in [-0.2, 0) is 0 Å². The van der Waals surface area contributed by atoms with Crippen LogP contribution in [0.5, 0.6) is 0 Å². The van der Waals surface area contributed by atoms with Crippen LogP contribution in [0, 0.1) is 25.2 Å². The number of aromatic nitrogens is 1. The summed E-state index contributed by atoms with van der Waals surface area (Å²) in [5, 5.41) is 15.6. The summed E-state index contributed by atoms with van der Waals surface area (Å²) in [7, 11) is 0. The summed E-state index contributed by atoms with van der Waals surface area (Å²) in [4.78, 5) is 4.70. The third-order valence-corrected chi connectivity index (χ3v) is 5.34. The quantitative estimate of drug-likeness (QED) is 0.517. The lowest BCUT2D eigenvalue weighted by molar-refractivity contribution is 0.869. The summed E-state index contributed by atoms with van der Waals surface area (Å²) in [5.74, 6) is 0.406. The maximum absolute atomic E-state index is 9.62. The smallest absolute Gasteiger partial charge is 0.136 e. The highest BCUT2D eigenvalue weighted by Gasteiger charge is 2.11. The second-order valence-electron chi connectivity index (χ2n) is 6.91. The van der Waals surface area contributed by atoms with Gasteiger partial charge in [-0.25, -0.2) is 4.98 Å². The zero-order valence-electron chi connectivity index (χ0n) is 16.1. The summed E-state index contributed by atoms with van der Waals surface area (Å²) in [6, 6.07) is 16.8. The van der Waals surface area contributed by atoms with Crippen molar-refractivity contribution in [2.45, 2.75) is 33.6 Å². The van der Waals surface area contributed by atoms with Gasteiger partial charge < -0.3 is 5.32 Å². The van der Waals surface area contributed by atoms with Gasteiger partial charge in [-0.05, 0) is 37.0 Å². The first-order valence-electron chi connectivity index (χ1n) is 8.99. The van der Waals surface area contributed by atoms with Gasteiger partial charge in [0.15, 0.2) is 0 Å². The predicted octanol–water partition coefficient (Wildman–Crippen LogP) is 6.53. The SMILES string of the molecule is Cc1ccc(-c2csc(/C(C#N)=C/Nc3ccccc3C(C)C)n2)c(C)c1. The molecule has 4 heteroatoms. The third kappa shape index (κ3) is 4.27. The Hall–Kier alpha value is -2.90. The van der Waals surface area contributed by atoms with Crippen molar-refractivity contribution in [3.63, 3.8) is 0 Å². The van der Waals surface area contributed by atoms with Crippen molar-refractivity contribution < 1.29 is 0 Å². The fraction of sp³-hybridized carbons (Fsp3) is 0.217. The number of allylic oxidation sites excluding steroid dienone is 1. The van der Waals surface area contributed by atoms with Crippen LogP contribution in [0.2, 0.25) is 0 Å². The number of aryl methyl sites for hydroxylation is 2. The number of hydrogen-bond donors (Lipinski definition) is 1. The highest BCUT2D eigenvalue weighted by molar-refractivity contribution is 7.11. The molecular weight excluding hydrogens is 350 g/mol. The number of hydrogen-bond acceptors (Lipinski definition) is 4. The van der Waals surface area contributed by atoms with Gasteiger partial charge in [-0.3, -0.25) is 0 Å². The number of para-hydroxylation sites is 1. The number of thiazole rings is 1. The lowest BCUT2D eigenvalue weighted by atomic mass is 10.0. The molecule has 0 fully saturated rings. The fourth-order valence-electron chi connectivity index (χ4n) is 3.05. The van der Waals surface area contributed by atoms with Gasteiger partial charge in [0.05, 0.1) is 5.69 Å². The van der Waals surface area contributed by atoms with E-state index in [1.54, 1.807) is 6.20 Å². The van der Waals surface area contributed by atoms with E-state index < -0.39 is 0 Å². The number of benzene rings is 2. The molecule has 2 aromatic carbocycles. The average Bonchev–Trinajstić information content (AvgIpc) is 3.12. The van der Waals surface area contributed by atoms with Crippen molar-refractivity contribution in [2.75, 3.05) is 5.32 Å². The fourth-order valence-corrected chi connectivity index (χ4v) is 3.83. The number of rotatable bonds is 5. The number of nitrogens with one attached hydrogen (secondary N) is 1. The summed E-state index contributed by atoms with van der Waals surface area (Å²) in [6.07, 6.45) is 1.76. The highest BCUT2D eigenvalue weighted by atomic mass is 32.1. The van der Waals surface area contributed by atoms with E-state index in [1.807, 2.05) is 23.6 Å². The van der Waals surface area contributed by atoms with Gasteiger partial charge in [0.1, 0.15) is 16.6 Å². The van der Waals surface area contributed by atoms with E-state index in [9.17, 15) is 5.26 Å². The minimum absolute atomic E-state index is 0.406. The zero-order valence-corrected chi connectivity index (χ0v) is 16.9. The van der Waals surface area contributed by atoms with Crippen molar-refractivity contribution >= 4 is 22.6 Å². The van der Waals surface area contributed by atoms with Gasteiger partial charge >= 0.3 is 0 Å². The molecule has 0 aliphatic rings. The molecule has 0 spiro atoms. The van der Waals surface area contributed by atoms with Crippen LogP contribution in [0.15, 0.2) is 54.0 Å². The van der Waals surface area contributed by atoms with Crippen molar-refractivity contribution in [1.29, 1.82) is 5.26 Å². The second kappa shape index (κ2) is 8.20.